The number of hydrogen-bond donors (Lipinski definition) is 2. The molecule has 9 nitrogen and oxygen atoms in total. The molecule has 2 heterocycles. The molecule has 1 unspecified atom stereocenters. The number of piperazine rings is 1. The van der Waals surface area contributed by atoms with E-state index >= 15 is 0 Å². The van der Waals surface area contributed by atoms with E-state index in [0.29, 0.717) is 45.3 Å². The Balaban J connectivity index is 0.00000480. The minimum absolute atomic E-state index is 0. The Hall–Kier alpha value is -1.77. The molecule has 1 saturated heterocycles. The van der Waals surface area contributed by atoms with Gasteiger partial charge in [0, 0.05) is 65.1 Å². The molecule has 1 aliphatic rings. The van der Waals surface area contributed by atoms with Gasteiger partial charge < -0.3 is 29.5 Å². The maximum atomic E-state index is 13.6. The number of amides is 1. The van der Waals surface area contributed by atoms with E-state index in [1.54, 1.807) is 11.8 Å². The fraction of sp³-hybridized carbons (Fsp3) is 0.722. The van der Waals surface area contributed by atoms with Gasteiger partial charge in [-0.05, 0) is 13.8 Å². The van der Waals surface area contributed by atoms with Gasteiger partial charge in [-0.25, -0.2) is 9.78 Å². The smallest absolute Gasteiger partial charge is 0.424 e. The number of carbonyl (C=O) groups excluding carboxylic acids is 1. The zero-order valence-electron chi connectivity index (χ0n) is 17.9. The van der Waals surface area contributed by atoms with Crippen LogP contribution in [0.5, 0.6) is 0 Å². The van der Waals surface area contributed by atoms with Crippen molar-refractivity contribution in [3.63, 3.8) is 0 Å². The number of hydrogen-bond acceptors (Lipinski definition) is 5. The molecule has 13 heteroatoms. The molecule has 0 bridgehead atoms. The maximum absolute atomic E-state index is 13.6. The van der Waals surface area contributed by atoms with Gasteiger partial charge in [0.2, 0.25) is 5.60 Å². The lowest BCUT2D eigenvalue weighted by Gasteiger charge is -2.36. The first-order valence-corrected chi connectivity index (χ1v) is 9.85. The van der Waals surface area contributed by atoms with Crippen LogP contribution in [0.25, 0.3) is 0 Å². The molecule has 1 aliphatic heterocycles. The van der Waals surface area contributed by atoms with Crippen LogP contribution < -0.4 is 5.32 Å². The van der Waals surface area contributed by atoms with Crippen molar-refractivity contribution in [2.45, 2.75) is 32.0 Å². The van der Waals surface area contributed by atoms with Gasteiger partial charge in [-0.15, -0.1) is 24.0 Å². The van der Waals surface area contributed by atoms with E-state index in [4.69, 9.17) is 4.74 Å². The maximum Gasteiger partial charge on any atom is 0.424 e. The number of carbonyl (C=O) groups is 1. The van der Waals surface area contributed by atoms with Gasteiger partial charge in [0.15, 0.2) is 5.96 Å². The first kappa shape index (κ1) is 27.3. The molecule has 1 aromatic rings. The average Bonchev–Trinajstić information content (AvgIpc) is 3.13. The molecule has 1 atom stereocenters. The highest BCUT2D eigenvalue weighted by Crippen LogP contribution is 2.40. The predicted molar refractivity (Wildman–Crippen MR) is 119 cm³/mol. The number of aromatic nitrogens is 2. The SMILES string of the molecule is CCNC(=NCCC(O)(c1nccn1C)C(F)(F)F)N1CCN(C(=O)OCC)CC1.I. The van der Waals surface area contributed by atoms with Crippen LogP contribution in [0.2, 0.25) is 0 Å². The van der Waals surface area contributed by atoms with Crippen LogP contribution in [0.1, 0.15) is 26.1 Å². The molecule has 0 aromatic carbocycles. The number of nitrogens with zero attached hydrogens (tertiary/aromatic N) is 5. The fourth-order valence-corrected chi connectivity index (χ4v) is 3.21. The van der Waals surface area contributed by atoms with Gasteiger partial charge in [-0.1, -0.05) is 0 Å². The molecule has 178 valence electrons. The number of alkyl halides is 3. The molecule has 1 amide bonds. The summed E-state index contributed by atoms with van der Waals surface area (Å²) in [6.07, 6.45) is -3.39. The Labute approximate surface area is 196 Å². The number of guanidine groups is 1. The quantitative estimate of drug-likeness (QED) is 0.313. The Morgan fingerprint density at radius 1 is 1.26 bits per heavy atom. The van der Waals surface area contributed by atoms with Crippen molar-refractivity contribution in [3.8, 4) is 0 Å². The number of ether oxygens (including phenoxy) is 1. The van der Waals surface area contributed by atoms with E-state index in [0.717, 1.165) is 4.57 Å². The van der Waals surface area contributed by atoms with Crippen LogP contribution >= 0.6 is 24.0 Å². The van der Waals surface area contributed by atoms with Crippen molar-refractivity contribution >= 4 is 36.0 Å². The summed E-state index contributed by atoms with van der Waals surface area (Å²) in [5.41, 5.74) is -3.10. The number of rotatable bonds is 6. The molecule has 1 aromatic heterocycles. The summed E-state index contributed by atoms with van der Waals surface area (Å²) >= 11 is 0. The number of imidazole rings is 1. The molecule has 0 radical (unpaired) electrons. The summed E-state index contributed by atoms with van der Waals surface area (Å²) in [7, 11) is 1.40. The topological polar surface area (TPSA) is 95.2 Å². The van der Waals surface area contributed by atoms with E-state index in [-0.39, 0.29) is 36.6 Å². The van der Waals surface area contributed by atoms with E-state index in [9.17, 15) is 23.1 Å². The van der Waals surface area contributed by atoms with Crippen molar-refractivity contribution in [2.24, 2.45) is 12.0 Å². The van der Waals surface area contributed by atoms with Gasteiger partial charge in [-0.2, -0.15) is 13.2 Å². The van der Waals surface area contributed by atoms with Crippen molar-refractivity contribution in [2.75, 3.05) is 45.9 Å². The highest BCUT2D eigenvalue weighted by Gasteiger charge is 2.57. The number of aryl methyl sites for hydroxylation is 1. The summed E-state index contributed by atoms with van der Waals surface area (Å²) in [5.74, 6) is -0.0383. The number of halogens is 4. The predicted octanol–water partition coefficient (Wildman–Crippen LogP) is 1.92. The minimum Gasteiger partial charge on any atom is -0.450 e. The largest absolute Gasteiger partial charge is 0.450 e. The Morgan fingerprint density at radius 2 is 1.87 bits per heavy atom. The molecule has 2 rings (SSSR count). The third-order valence-electron chi connectivity index (χ3n) is 4.84. The summed E-state index contributed by atoms with van der Waals surface area (Å²) < 4.78 is 47.0. The minimum atomic E-state index is -4.90. The molecule has 1 fully saturated rings. The van der Waals surface area contributed by atoms with Gasteiger partial charge in [0.1, 0.15) is 5.82 Å². The van der Waals surface area contributed by atoms with Crippen LogP contribution in [0.15, 0.2) is 17.4 Å². The van der Waals surface area contributed by atoms with Crippen LogP contribution in [-0.4, -0.2) is 88.6 Å². The highest BCUT2D eigenvalue weighted by molar-refractivity contribution is 14.0. The summed E-state index contributed by atoms with van der Waals surface area (Å²) in [5, 5.41) is 13.5. The second-order valence-corrected chi connectivity index (χ2v) is 6.88. The summed E-state index contributed by atoms with van der Waals surface area (Å²) in [6.45, 7) is 5.92. The lowest BCUT2D eigenvalue weighted by Crippen LogP contribution is -2.54. The van der Waals surface area contributed by atoms with Crippen molar-refractivity contribution in [1.82, 2.24) is 24.7 Å². The van der Waals surface area contributed by atoms with Gasteiger partial charge in [-0.3, -0.25) is 4.99 Å². The number of aliphatic imine (C=N–C) groups is 1. The third-order valence-corrected chi connectivity index (χ3v) is 4.84. The van der Waals surface area contributed by atoms with E-state index < -0.39 is 24.0 Å². The lowest BCUT2D eigenvalue weighted by molar-refractivity contribution is -0.272. The second kappa shape index (κ2) is 11.7. The Kier molecular flexibility index (Phi) is 10.3. The van der Waals surface area contributed by atoms with Crippen LogP contribution in [0.3, 0.4) is 0 Å². The van der Waals surface area contributed by atoms with E-state index in [1.807, 2.05) is 11.8 Å². The molecular weight excluding hydrogens is 532 g/mol. The van der Waals surface area contributed by atoms with Crippen molar-refractivity contribution in [3.05, 3.63) is 18.2 Å². The standard InChI is InChI=1S/C18H29F3N6O3.HI/c1-4-22-15(26-10-12-27(13-11-26)16(28)30-5-2)24-7-6-17(29,18(19,20)21)14-23-8-9-25(14)3;/h8-9,29H,4-7,10-13H2,1-3H3,(H,22,24);1H. The second-order valence-electron chi connectivity index (χ2n) is 6.88. The van der Waals surface area contributed by atoms with E-state index in [2.05, 4.69) is 15.3 Å². The van der Waals surface area contributed by atoms with Gasteiger partial charge >= 0.3 is 12.3 Å². The van der Waals surface area contributed by atoms with Crippen LogP contribution in [-0.2, 0) is 17.4 Å². The molecule has 0 saturated carbocycles. The highest BCUT2D eigenvalue weighted by atomic mass is 127. The van der Waals surface area contributed by atoms with Crippen LogP contribution in [0.4, 0.5) is 18.0 Å². The monoisotopic (exact) mass is 562 g/mol. The van der Waals surface area contributed by atoms with Gasteiger partial charge in [0.25, 0.3) is 0 Å². The zero-order chi connectivity index (χ0) is 22.4. The molecule has 0 spiro atoms. The Morgan fingerprint density at radius 3 is 2.35 bits per heavy atom. The molecule has 0 aliphatic carbocycles. The van der Waals surface area contributed by atoms with Crippen molar-refractivity contribution in [1.29, 1.82) is 0 Å². The first-order valence-electron chi connectivity index (χ1n) is 9.85. The Bertz CT molecular complexity index is 737. The third kappa shape index (κ3) is 6.60. The van der Waals surface area contributed by atoms with E-state index in [1.165, 1.54) is 19.4 Å². The molecule has 2 N–H and O–H groups in total. The summed E-state index contributed by atoms with van der Waals surface area (Å²) in [6, 6.07) is 0. The normalized spacial score (nSPS) is 17.1. The average molecular weight is 562 g/mol. The summed E-state index contributed by atoms with van der Waals surface area (Å²) in [4.78, 5) is 23.2. The molecular formula is C18H30F3IN6O3. The zero-order valence-corrected chi connectivity index (χ0v) is 20.2. The fourth-order valence-electron chi connectivity index (χ4n) is 3.21. The molecule has 31 heavy (non-hydrogen) atoms. The number of aliphatic hydroxyl groups is 1. The van der Waals surface area contributed by atoms with Gasteiger partial charge in [0.05, 0.1) is 6.61 Å². The lowest BCUT2D eigenvalue weighted by atomic mass is 9.98. The first-order chi connectivity index (χ1) is 14.1. The van der Waals surface area contributed by atoms with Crippen LogP contribution in [0, 0.1) is 0 Å². The number of nitrogens with one attached hydrogen (secondary N) is 1. The van der Waals surface area contributed by atoms with Crippen molar-refractivity contribution < 1.29 is 27.8 Å².